The number of nitrogens with zero attached hydrogens (tertiary/aromatic N) is 2. The van der Waals surface area contributed by atoms with Gasteiger partial charge in [0.25, 0.3) is 5.69 Å². The van der Waals surface area contributed by atoms with Crippen LogP contribution in [0.2, 0.25) is 0 Å². The SMILES string of the molecule is CCC1(C)C=Cc2[nH]c(C)c(C(=O)OC)[n+]2N=C1. The minimum Gasteiger partial charge on any atom is -0.463 e. The van der Waals surface area contributed by atoms with Crippen molar-refractivity contribution in [2.45, 2.75) is 27.2 Å². The van der Waals surface area contributed by atoms with Crippen molar-refractivity contribution in [3.05, 3.63) is 23.3 Å². The van der Waals surface area contributed by atoms with Gasteiger partial charge in [-0.25, -0.2) is 9.78 Å². The van der Waals surface area contributed by atoms with Gasteiger partial charge in [-0.1, -0.05) is 29.7 Å². The van der Waals surface area contributed by atoms with Crippen molar-refractivity contribution >= 4 is 18.3 Å². The Morgan fingerprint density at radius 1 is 1.61 bits per heavy atom. The van der Waals surface area contributed by atoms with Crippen LogP contribution in [0.3, 0.4) is 0 Å². The molecule has 0 fully saturated rings. The summed E-state index contributed by atoms with van der Waals surface area (Å²) >= 11 is 0. The first-order valence-electron chi connectivity index (χ1n) is 5.98. The molecule has 5 heteroatoms. The lowest BCUT2D eigenvalue weighted by atomic mass is 9.89. The second-order valence-electron chi connectivity index (χ2n) is 4.72. The Hall–Kier alpha value is -1.91. The Kier molecular flexibility index (Phi) is 3.07. The second kappa shape index (κ2) is 4.40. The Labute approximate surface area is 106 Å². The third kappa shape index (κ3) is 1.96. The molecule has 1 atom stereocenters. The highest BCUT2D eigenvalue weighted by Gasteiger charge is 2.30. The van der Waals surface area contributed by atoms with Gasteiger partial charge in [-0.3, -0.25) is 0 Å². The summed E-state index contributed by atoms with van der Waals surface area (Å²) in [5, 5.41) is 4.40. The number of aromatic amines is 1. The molecular formula is C13H18N3O2+. The normalized spacial score (nSPS) is 21.6. The molecule has 0 bridgehead atoms. The molecule has 0 radical (unpaired) electrons. The molecule has 2 heterocycles. The molecule has 0 saturated heterocycles. The minimum atomic E-state index is -0.388. The Morgan fingerprint density at radius 2 is 2.33 bits per heavy atom. The molecule has 0 aromatic carbocycles. The highest BCUT2D eigenvalue weighted by atomic mass is 16.5. The first-order valence-corrected chi connectivity index (χ1v) is 5.98. The Balaban J connectivity index is 2.55. The highest BCUT2D eigenvalue weighted by Crippen LogP contribution is 2.23. The lowest BCUT2D eigenvalue weighted by Crippen LogP contribution is -2.37. The van der Waals surface area contributed by atoms with Crippen LogP contribution in [-0.4, -0.2) is 24.3 Å². The van der Waals surface area contributed by atoms with Crippen LogP contribution in [0.1, 0.15) is 42.3 Å². The molecule has 0 spiro atoms. The highest BCUT2D eigenvalue weighted by molar-refractivity contribution is 5.87. The number of aryl methyl sites for hydroxylation is 1. The first kappa shape index (κ1) is 12.5. The van der Waals surface area contributed by atoms with Gasteiger partial charge in [0.15, 0.2) is 5.69 Å². The van der Waals surface area contributed by atoms with Gasteiger partial charge in [-0.15, -0.1) is 0 Å². The third-order valence-electron chi connectivity index (χ3n) is 3.34. The maximum absolute atomic E-state index is 11.7. The van der Waals surface area contributed by atoms with E-state index >= 15 is 0 Å². The van der Waals surface area contributed by atoms with Crippen molar-refractivity contribution in [2.75, 3.05) is 7.11 Å². The average molecular weight is 248 g/mol. The molecule has 18 heavy (non-hydrogen) atoms. The maximum Gasteiger partial charge on any atom is 0.384 e. The van der Waals surface area contributed by atoms with E-state index in [2.05, 4.69) is 30.0 Å². The van der Waals surface area contributed by atoms with Crippen molar-refractivity contribution in [1.82, 2.24) is 4.98 Å². The van der Waals surface area contributed by atoms with E-state index in [1.54, 1.807) is 4.68 Å². The summed E-state index contributed by atoms with van der Waals surface area (Å²) in [6, 6.07) is 0. The summed E-state index contributed by atoms with van der Waals surface area (Å²) in [7, 11) is 1.37. The van der Waals surface area contributed by atoms with Gasteiger partial charge in [0, 0.05) is 18.4 Å². The molecule has 1 unspecified atom stereocenters. The molecule has 1 aliphatic rings. The van der Waals surface area contributed by atoms with E-state index in [0.717, 1.165) is 17.9 Å². The molecule has 0 aliphatic carbocycles. The van der Waals surface area contributed by atoms with Gasteiger partial charge in [0.05, 0.1) is 13.3 Å². The van der Waals surface area contributed by atoms with E-state index in [1.165, 1.54) is 7.11 Å². The number of aromatic nitrogens is 2. The third-order valence-corrected chi connectivity index (χ3v) is 3.34. The number of imidazole rings is 1. The minimum absolute atomic E-state index is 0.0891. The van der Waals surface area contributed by atoms with Gasteiger partial charge >= 0.3 is 11.8 Å². The van der Waals surface area contributed by atoms with Crippen LogP contribution in [0.15, 0.2) is 11.2 Å². The summed E-state index contributed by atoms with van der Waals surface area (Å²) in [5.41, 5.74) is 1.10. The van der Waals surface area contributed by atoms with Gasteiger partial charge in [-0.2, -0.15) is 0 Å². The van der Waals surface area contributed by atoms with Gasteiger partial charge in [-0.05, 0) is 6.42 Å². The number of methoxy groups -OCH3 is 1. The number of hydrogen-bond donors (Lipinski definition) is 1. The van der Waals surface area contributed by atoms with E-state index in [9.17, 15) is 4.79 Å². The van der Waals surface area contributed by atoms with Crippen LogP contribution >= 0.6 is 0 Å². The predicted molar refractivity (Wildman–Crippen MR) is 68.4 cm³/mol. The van der Waals surface area contributed by atoms with Crippen LogP contribution in [0.4, 0.5) is 0 Å². The van der Waals surface area contributed by atoms with E-state index in [4.69, 9.17) is 4.74 Å². The Morgan fingerprint density at radius 3 is 2.94 bits per heavy atom. The summed E-state index contributed by atoms with van der Waals surface area (Å²) in [4.78, 5) is 14.9. The zero-order chi connectivity index (χ0) is 13.3. The van der Waals surface area contributed by atoms with Crippen LogP contribution < -0.4 is 4.68 Å². The smallest absolute Gasteiger partial charge is 0.384 e. The monoisotopic (exact) mass is 248 g/mol. The van der Waals surface area contributed by atoms with E-state index < -0.39 is 0 Å². The van der Waals surface area contributed by atoms with E-state index in [-0.39, 0.29) is 11.4 Å². The molecule has 1 aromatic heterocycles. The molecule has 96 valence electrons. The predicted octanol–water partition coefficient (Wildman–Crippen LogP) is 1.67. The van der Waals surface area contributed by atoms with Gasteiger partial charge in [0.1, 0.15) is 0 Å². The number of ether oxygens (including phenoxy) is 1. The van der Waals surface area contributed by atoms with Crippen molar-refractivity contribution in [3.63, 3.8) is 0 Å². The lowest BCUT2D eigenvalue weighted by molar-refractivity contribution is -0.681. The number of rotatable bonds is 2. The summed E-state index contributed by atoms with van der Waals surface area (Å²) in [6.07, 6.45) is 6.85. The quantitative estimate of drug-likeness (QED) is 0.639. The standard InChI is InChI=1S/C13H17N3O2/c1-5-13(3)7-6-10-15-9(2)11(12(17)18-4)16(10)14-8-13/h6-8H,5H2,1-4H3/p+1. The topological polar surface area (TPSA) is 58.3 Å². The number of carbonyl (C=O) groups is 1. The maximum atomic E-state index is 11.7. The largest absolute Gasteiger partial charge is 0.463 e. The molecule has 0 saturated carbocycles. The zero-order valence-corrected chi connectivity index (χ0v) is 11.2. The zero-order valence-electron chi connectivity index (χ0n) is 11.2. The van der Waals surface area contributed by atoms with Crippen LogP contribution in [-0.2, 0) is 4.74 Å². The number of hydrogen-bond acceptors (Lipinski definition) is 3. The number of nitrogens with one attached hydrogen (secondary N) is 1. The number of esters is 1. The summed E-state index contributed by atoms with van der Waals surface area (Å²) < 4.78 is 6.38. The fraction of sp³-hybridized carbons (Fsp3) is 0.462. The average Bonchev–Trinajstić information content (AvgIpc) is 2.60. The van der Waals surface area contributed by atoms with Crippen molar-refractivity contribution in [2.24, 2.45) is 10.5 Å². The molecule has 5 nitrogen and oxygen atoms in total. The number of carbonyl (C=O) groups excluding carboxylic acids is 1. The fourth-order valence-corrected chi connectivity index (χ4v) is 1.86. The van der Waals surface area contributed by atoms with Crippen LogP contribution in [0.25, 0.3) is 6.08 Å². The Bertz CT molecular complexity index is 543. The van der Waals surface area contributed by atoms with Crippen molar-refractivity contribution in [1.29, 1.82) is 0 Å². The second-order valence-corrected chi connectivity index (χ2v) is 4.72. The molecule has 1 aliphatic heterocycles. The molecule has 2 rings (SSSR count). The van der Waals surface area contributed by atoms with Crippen LogP contribution in [0, 0.1) is 12.3 Å². The lowest BCUT2D eigenvalue weighted by Gasteiger charge is -2.15. The summed E-state index contributed by atoms with van der Waals surface area (Å²) in [6.45, 7) is 6.04. The molecule has 1 N–H and O–H groups in total. The molecular weight excluding hydrogens is 230 g/mol. The first-order chi connectivity index (χ1) is 8.50. The molecule has 0 amide bonds. The van der Waals surface area contributed by atoms with E-state index in [1.807, 2.05) is 19.2 Å². The van der Waals surface area contributed by atoms with Gasteiger partial charge < -0.3 is 4.74 Å². The van der Waals surface area contributed by atoms with Crippen molar-refractivity contribution in [3.8, 4) is 0 Å². The van der Waals surface area contributed by atoms with E-state index in [0.29, 0.717) is 5.69 Å². The number of H-pyrrole nitrogens is 1. The fourth-order valence-electron chi connectivity index (χ4n) is 1.86. The molecule has 1 aromatic rings. The van der Waals surface area contributed by atoms with Crippen molar-refractivity contribution < 1.29 is 14.2 Å². The number of allylic oxidation sites excluding steroid dienone is 1. The number of fused-ring (bicyclic) bond motifs is 1. The van der Waals surface area contributed by atoms with Gasteiger partial charge in [0.2, 0.25) is 0 Å². The summed E-state index contributed by atoms with van der Waals surface area (Å²) in [5.74, 6) is 0.391. The van der Waals surface area contributed by atoms with Crippen LogP contribution in [0.5, 0.6) is 0 Å².